The van der Waals surface area contributed by atoms with Crippen molar-refractivity contribution >= 4 is 17.6 Å². The van der Waals surface area contributed by atoms with E-state index in [1.54, 1.807) is 6.92 Å². The Morgan fingerprint density at radius 3 is 2.67 bits per heavy atom. The number of hydrogen-bond donors (Lipinski definition) is 3. The second-order valence-corrected chi connectivity index (χ2v) is 5.01. The van der Waals surface area contributed by atoms with E-state index in [0.29, 0.717) is 15.9 Å². The summed E-state index contributed by atoms with van der Waals surface area (Å²) < 4.78 is 38.2. The van der Waals surface area contributed by atoms with Gasteiger partial charge in [-0.15, -0.1) is 5.10 Å². The predicted molar refractivity (Wildman–Crippen MR) is 69.2 cm³/mol. The van der Waals surface area contributed by atoms with Crippen LogP contribution < -0.4 is 5.73 Å². The van der Waals surface area contributed by atoms with E-state index < -0.39 is 17.6 Å². The van der Waals surface area contributed by atoms with E-state index in [2.05, 4.69) is 20.3 Å². The van der Waals surface area contributed by atoms with Gasteiger partial charge in [-0.2, -0.15) is 13.2 Å². The minimum atomic E-state index is -4.52. The number of alkyl halides is 3. The number of benzene rings is 1. The van der Waals surface area contributed by atoms with Crippen LogP contribution >= 0.6 is 11.8 Å². The van der Waals surface area contributed by atoms with Crippen LogP contribution in [0.4, 0.5) is 13.2 Å². The highest BCUT2D eigenvalue weighted by molar-refractivity contribution is 7.99. The predicted octanol–water partition coefficient (Wildman–Crippen LogP) is 2.38. The molecule has 0 unspecified atom stereocenters. The lowest BCUT2D eigenvalue weighted by molar-refractivity contribution is -0.137. The fraction of sp³-hybridized carbons (Fsp3) is 0.182. The Kier molecular flexibility index (Phi) is 4.07. The molecule has 2 rings (SSSR count). The normalized spacial score (nSPS) is 12.7. The Balaban J connectivity index is 2.45. The first kappa shape index (κ1) is 15.2. The summed E-state index contributed by atoms with van der Waals surface area (Å²) in [5.41, 5.74) is 4.51. The molecule has 0 fully saturated rings. The molecule has 112 valence electrons. The lowest BCUT2D eigenvalue weighted by Gasteiger charge is -2.11. The van der Waals surface area contributed by atoms with Gasteiger partial charge < -0.3 is 10.9 Å². The van der Waals surface area contributed by atoms with Crippen LogP contribution in [0, 0.1) is 6.92 Å². The number of aromatic nitrogens is 3. The number of aromatic amines is 1. The Morgan fingerprint density at radius 1 is 1.43 bits per heavy atom. The number of aryl methyl sites for hydroxylation is 1. The van der Waals surface area contributed by atoms with E-state index >= 15 is 0 Å². The van der Waals surface area contributed by atoms with E-state index in [0.717, 1.165) is 23.9 Å². The van der Waals surface area contributed by atoms with Gasteiger partial charge in [0.25, 0.3) is 0 Å². The molecular formula is C11H10F3N5OS. The molecule has 4 N–H and O–H groups in total. The summed E-state index contributed by atoms with van der Waals surface area (Å²) >= 11 is 1.01. The Labute approximate surface area is 121 Å². The van der Waals surface area contributed by atoms with Gasteiger partial charge >= 0.3 is 6.18 Å². The van der Waals surface area contributed by atoms with E-state index in [1.165, 1.54) is 6.07 Å². The molecule has 0 aliphatic rings. The zero-order chi connectivity index (χ0) is 15.6. The molecule has 6 nitrogen and oxygen atoms in total. The van der Waals surface area contributed by atoms with Gasteiger partial charge in [-0.05, 0) is 36.9 Å². The molecule has 0 radical (unpaired) electrons. The first-order valence-corrected chi connectivity index (χ1v) is 6.39. The van der Waals surface area contributed by atoms with E-state index in [9.17, 15) is 13.2 Å². The summed E-state index contributed by atoms with van der Waals surface area (Å²) in [4.78, 5) is 4.38. The van der Waals surface area contributed by atoms with Gasteiger partial charge in [-0.3, -0.25) is 5.10 Å². The molecule has 0 saturated heterocycles. The average molecular weight is 317 g/mol. The number of hydrogen-bond acceptors (Lipinski definition) is 5. The van der Waals surface area contributed by atoms with E-state index in [-0.39, 0.29) is 5.56 Å². The molecule has 21 heavy (non-hydrogen) atoms. The summed E-state index contributed by atoms with van der Waals surface area (Å²) in [7, 11) is 0. The van der Waals surface area contributed by atoms with Crippen molar-refractivity contribution < 1.29 is 18.4 Å². The van der Waals surface area contributed by atoms with Gasteiger partial charge in [0.1, 0.15) is 5.82 Å². The third-order valence-corrected chi connectivity index (χ3v) is 3.41. The second-order valence-electron chi connectivity index (χ2n) is 4.00. The number of halogens is 3. The van der Waals surface area contributed by atoms with Crippen LogP contribution in [-0.4, -0.2) is 26.2 Å². The summed E-state index contributed by atoms with van der Waals surface area (Å²) in [5.74, 6) is 0.144. The van der Waals surface area contributed by atoms with Gasteiger partial charge in [-0.1, -0.05) is 5.16 Å². The maximum atomic E-state index is 12.7. The molecule has 0 aliphatic carbocycles. The molecule has 1 aromatic heterocycles. The van der Waals surface area contributed by atoms with Crippen LogP contribution in [-0.2, 0) is 6.18 Å². The minimum Gasteiger partial charge on any atom is -0.409 e. The topological polar surface area (TPSA) is 100 Å². The fourth-order valence-electron chi connectivity index (χ4n) is 1.52. The third-order valence-electron chi connectivity index (χ3n) is 2.47. The lowest BCUT2D eigenvalue weighted by atomic mass is 10.1. The van der Waals surface area contributed by atoms with Crippen molar-refractivity contribution in [2.75, 3.05) is 0 Å². The van der Waals surface area contributed by atoms with E-state index in [4.69, 9.17) is 10.9 Å². The number of H-pyrrole nitrogens is 1. The van der Waals surface area contributed by atoms with Crippen molar-refractivity contribution in [3.8, 4) is 0 Å². The third kappa shape index (κ3) is 3.45. The highest BCUT2D eigenvalue weighted by Gasteiger charge is 2.31. The molecule has 0 atom stereocenters. The molecular weight excluding hydrogens is 307 g/mol. The van der Waals surface area contributed by atoms with Crippen LogP contribution in [0.15, 0.2) is 33.4 Å². The molecule has 10 heteroatoms. The monoisotopic (exact) mass is 317 g/mol. The largest absolute Gasteiger partial charge is 0.416 e. The number of nitrogens with two attached hydrogens (primary N) is 1. The molecule has 0 saturated carbocycles. The van der Waals surface area contributed by atoms with E-state index in [1.807, 2.05) is 0 Å². The smallest absolute Gasteiger partial charge is 0.409 e. The maximum absolute atomic E-state index is 12.7. The standard InChI is InChI=1S/C11H10F3N5OS/c1-5-16-10(18-17-5)21-8-3-2-6(11(12,13)14)4-7(8)9(15)19-20/h2-4,20H,1H3,(H2,15,19)(H,16,17,18). The van der Waals surface area contributed by atoms with Crippen molar-refractivity contribution in [1.29, 1.82) is 0 Å². The van der Waals surface area contributed by atoms with Crippen molar-refractivity contribution in [1.82, 2.24) is 15.2 Å². The van der Waals surface area contributed by atoms with Gasteiger partial charge in [0.05, 0.1) is 5.56 Å². The van der Waals surface area contributed by atoms with Crippen molar-refractivity contribution in [3.63, 3.8) is 0 Å². The minimum absolute atomic E-state index is 0.0419. The van der Waals surface area contributed by atoms with Crippen LogP contribution in [0.25, 0.3) is 0 Å². The number of oxime groups is 1. The number of rotatable bonds is 3. The SMILES string of the molecule is Cc1nc(Sc2ccc(C(F)(F)F)cc2/C(N)=N/O)n[nH]1. The Bertz CT molecular complexity index is 683. The van der Waals surface area contributed by atoms with Crippen LogP contribution in [0.2, 0.25) is 0 Å². The Morgan fingerprint density at radius 2 is 2.14 bits per heavy atom. The van der Waals surface area contributed by atoms with Crippen molar-refractivity contribution in [3.05, 3.63) is 35.2 Å². The summed E-state index contributed by atoms with van der Waals surface area (Å²) in [6, 6.07) is 2.96. The number of nitrogens with zero attached hydrogens (tertiary/aromatic N) is 3. The van der Waals surface area contributed by atoms with Crippen LogP contribution in [0.3, 0.4) is 0 Å². The number of amidine groups is 1. The first-order valence-electron chi connectivity index (χ1n) is 5.57. The number of nitrogens with one attached hydrogen (secondary N) is 1. The maximum Gasteiger partial charge on any atom is 0.416 e. The summed E-state index contributed by atoms with van der Waals surface area (Å²) in [5, 5.41) is 18.3. The summed E-state index contributed by atoms with van der Waals surface area (Å²) in [6.45, 7) is 1.69. The van der Waals surface area contributed by atoms with Gasteiger partial charge in [-0.25, -0.2) is 4.98 Å². The van der Waals surface area contributed by atoms with Gasteiger partial charge in [0, 0.05) is 10.5 Å². The Hall–Kier alpha value is -2.23. The molecule has 2 aromatic rings. The highest BCUT2D eigenvalue weighted by Crippen LogP contribution is 2.34. The zero-order valence-corrected chi connectivity index (χ0v) is 11.5. The highest BCUT2D eigenvalue weighted by atomic mass is 32.2. The summed E-state index contributed by atoms with van der Waals surface area (Å²) in [6.07, 6.45) is -4.52. The average Bonchev–Trinajstić information content (AvgIpc) is 2.82. The first-order chi connectivity index (χ1) is 9.81. The second kappa shape index (κ2) is 5.64. The van der Waals surface area contributed by atoms with Crippen molar-refractivity contribution in [2.45, 2.75) is 23.2 Å². The fourth-order valence-corrected chi connectivity index (χ4v) is 2.40. The molecule has 0 spiro atoms. The molecule has 0 aliphatic heterocycles. The molecule has 0 amide bonds. The molecule has 1 aromatic carbocycles. The van der Waals surface area contributed by atoms with Crippen LogP contribution in [0.5, 0.6) is 0 Å². The zero-order valence-electron chi connectivity index (χ0n) is 10.6. The molecule has 1 heterocycles. The molecule has 0 bridgehead atoms. The van der Waals surface area contributed by atoms with Gasteiger partial charge in [0.2, 0.25) is 5.16 Å². The van der Waals surface area contributed by atoms with Crippen LogP contribution in [0.1, 0.15) is 17.0 Å². The van der Waals surface area contributed by atoms with Crippen molar-refractivity contribution in [2.24, 2.45) is 10.9 Å². The quantitative estimate of drug-likeness (QED) is 0.349. The van der Waals surface area contributed by atoms with Gasteiger partial charge in [0.15, 0.2) is 5.84 Å². The lowest BCUT2D eigenvalue weighted by Crippen LogP contribution is -2.16.